The molecule has 2 N–H and O–H groups in total. The number of nitrogens with one attached hydrogen (secondary N) is 1. The monoisotopic (exact) mass is 350 g/mol. The number of terminal acetylenes is 1. The van der Waals surface area contributed by atoms with Crippen LogP contribution in [0.4, 0.5) is 0 Å². The summed E-state index contributed by atoms with van der Waals surface area (Å²) in [5, 5.41) is 9.55. The van der Waals surface area contributed by atoms with Crippen LogP contribution in [0.3, 0.4) is 0 Å². The summed E-state index contributed by atoms with van der Waals surface area (Å²) < 4.78 is 26.2. The number of sulfonamides is 1. The van der Waals surface area contributed by atoms with E-state index in [2.05, 4.69) is 10.6 Å². The van der Waals surface area contributed by atoms with Crippen molar-refractivity contribution in [2.75, 3.05) is 13.1 Å². The number of benzene rings is 1. The Hall–Kier alpha value is -1.88. The molecule has 0 aliphatic carbocycles. The number of nitrogens with zero attached hydrogens (tertiary/aromatic N) is 1. The second kappa shape index (κ2) is 7.79. The topological polar surface area (TPSA) is 86.7 Å². The van der Waals surface area contributed by atoms with Crippen molar-refractivity contribution < 1.29 is 18.3 Å². The molecule has 1 aromatic carbocycles. The molecule has 1 amide bonds. The molecule has 130 valence electrons. The van der Waals surface area contributed by atoms with Crippen LogP contribution in [0.15, 0.2) is 29.2 Å². The number of carbonyl (C=O) groups is 1. The lowest BCUT2D eigenvalue weighted by Gasteiger charge is -2.25. The Morgan fingerprint density at radius 2 is 2.12 bits per heavy atom. The minimum absolute atomic E-state index is 0.0261. The highest BCUT2D eigenvalue weighted by Gasteiger charge is 2.30. The molecular formula is C17H22N2O4S. The molecule has 0 aromatic heterocycles. The van der Waals surface area contributed by atoms with Crippen LogP contribution in [-0.4, -0.2) is 49.6 Å². The van der Waals surface area contributed by atoms with E-state index in [1.807, 2.05) is 0 Å². The van der Waals surface area contributed by atoms with Crippen molar-refractivity contribution in [3.05, 3.63) is 29.8 Å². The van der Waals surface area contributed by atoms with Gasteiger partial charge in [-0.25, -0.2) is 8.42 Å². The minimum atomic E-state index is -3.66. The second-order valence-electron chi connectivity index (χ2n) is 5.93. The van der Waals surface area contributed by atoms with Crippen molar-refractivity contribution in [3.63, 3.8) is 0 Å². The number of hydrogen-bond donors (Lipinski definition) is 2. The van der Waals surface area contributed by atoms with Gasteiger partial charge in [-0.3, -0.25) is 4.79 Å². The lowest BCUT2D eigenvalue weighted by molar-refractivity contribution is 0.0682. The fraction of sp³-hybridized carbons (Fsp3) is 0.471. The highest BCUT2D eigenvalue weighted by atomic mass is 32.2. The van der Waals surface area contributed by atoms with Crippen LogP contribution in [0.25, 0.3) is 0 Å². The first-order chi connectivity index (χ1) is 11.3. The van der Waals surface area contributed by atoms with E-state index >= 15 is 0 Å². The number of carbonyl (C=O) groups excluding carboxylic acids is 1. The Morgan fingerprint density at radius 3 is 2.71 bits per heavy atom. The fourth-order valence-electron chi connectivity index (χ4n) is 2.90. The molecule has 0 radical (unpaired) electrons. The number of likely N-dealkylation sites (tertiary alicyclic amines) is 1. The zero-order chi connectivity index (χ0) is 17.7. The standard InChI is InChI=1S/C17H22N2O4S/c1-3-10-18-24(22,23)16-8-6-14(7-9-16)17(21)19-11-4-5-15(19)12-13(2)20/h1,6-9,13,15,18,20H,4-5,10-12H2,2H3. The predicted molar refractivity (Wildman–Crippen MR) is 90.8 cm³/mol. The second-order valence-corrected chi connectivity index (χ2v) is 7.70. The first-order valence-corrected chi connectivity index (χ1v) is 9.35. The Balaban J connectivity index is 2.13. The molecule has 7 heteroatoms. The van der Waals surface area contributed by atoms with E-state index in [0.717, 1.165) is 12.8 Å². The van der Waals surface area contributed by atoms with Gasteiger partial charge in [-0.15, -0.1) is 6.42 Å². The molecule has 0 bridgehead atoms. The van der Waals surface area contributed by atoms with Crippen LogP contribution in [0.1, 0.15) is 36.5 Å². The Kier molecular flexibility index (Phi) is 5.99. The van der Waals surface area contributed by atoms with E-state index in [9.17, 15) is 18.3 Å². The van der Waals surface area contributed by atoms with Gasteiger partial charge in [0.05, 0.1) is 17.5 Å². The van der Waals surface area contributed by atoms with Gasteiger partial charge in [0, 0.05) is 18.2 Å². The van der Waals surface area contributed by atoms with Gasteiger partial charge in [0.25, 0.3) is 5.91 Å². The Labute approximate surface area is 142 Å². The molecule has 0 saturated carbocycles. The largest absolute Gasteiger partial charge is 0.393 e. The van der Waals surface area contributed by atoms with E-state index in [4.69, 9.17) is 6.42 Å². The molecule has 1 saturated heterocycles. The third-order valence-electron chi connectivity index (χ3n) is 4.03. The molecular weight excluding hydrogens is 328 g/mol. The normalized spacial score (nSPS) is 19.0. The zero-order valence-corrected chi connectivity index (χ0v) is 14.4. The molecule has 0 spiro atoms. The third-order valence-corrected chi connectivity index (χ3v) is 5.44. The number of hydrogen-bond acceptors (Lipinski definition) is 4. The summed E-state index contributed by atoms with van der Waals surface area (Å²) in [5.41, 5.74) is 0.434. The maximum Gasteiger partial charge on any atom is 0.254 e. The Morgan fingerprint density at radius 1 is 1.46 bits per heavy atom. The lowest BCUT2D eigenvalue weighted by atomic mass is 10.1. The van der Waals surface area contributed by atoms with Crippen LogP contribution < -0.4 is 4.72 Å². The first kappa shape index (κ1) is 18.5. The summed E-state index contributed by atoms with van der Waals surface area (Å²) in [6.45, 7) is 2.28. The van der Waals surface area contributed by atoms with Crippen LogP contribution in [0, 0.1) is 12.3 Å². The van der Waals surface area contributed by atoms with Crippen molar-refractivity contribution in [3.8, 4) is 12.3 Å². The van der Waals surface area contributed by atoms with E-state index in [1.165, 1.54) is 24.3 Å². The van der Waals surface area contributed by atoms with Crippen molar-refractivity contribution in [1.82, 2.24) is 9.62 Å². The molecule has 2 unspecified atom stereocenters. The summed E-state index contributed by atoms with van der Waals surface area (Å²) in [7, 11) is -3.66. The van der Waals surface area contributed by atoms with Gasteiger partial charge in [-0.1, -0.05) is 5.92 Å². The van der Waals surface area contributed by atoms with Crippen molar-refractivity contribution in [2.45, 2.75) is 43.2 Å². The molecule has 24 heavy (non-hydrogen) atoms. The summed E-state index contributed by atoms with van der Waals surface area (Å²) in [5.74, 6) is 2.07. The first-order valence-electron chi connectivity index (χ1n) is 7.87. The molecule has 1 aliphatic rings. The molecule has 1 aliphatic heterocycles. The van der Waals surface area contributed by atoms with Gasteiger partial charge < -0.3 is 10.0 Å². The summed E-state index contributed by atoms with van der Waals surface area (Å²) in [4.78, 5) is 14.4. The SMILES string of the molecule is C#CCNS(=O)(=O)c1ccc(C(=O)N2CCCC2CC(C)O)cc1. The average molecular weight is 350 g/mol. The number of amides is 1. The van der Waals surface area contributed by atoms with Gasteiger partial charge in [0.15, 0.2) is 0 Å². The lowest BCUT2D eigenvalue weighted by Crippen LogP contribution is -2.37. The fourth-order valence-corrected chi connectivity index (χ4v) is 3.84. The molecule has 6 nitrogen and oxygen atoms in total. The molecule has 1 aromatic rings. The maximum atomic E-state index is 12.6. The number of aliphatic hydroxyl groups is 1. The highest BCUT2D eigenvalue weighted by molar-refractivity contribution is 7.89. The van der Waals surface area contributed by atoms with Crippen LogP contribution in [-0.2, 0) is 10.0 Å². The van der Waals surface area contributed by atoms with Gasteiger partial charge in [-0.05, 0) is 50.5 Å². The summed E-state index contributed by atoms with van der Waals surface area (Å²) in [6.07, 6.45) is 6.92. The van der Waals surface area contributed by atoms with Crippen LogP contribution in [0.5, 0.6) is 0 Å². The summed E-state index contributed by atoms with van der Waals surface area (Å²) >= 11 is 0. The predicted octanol–water partition coefficient (Wildman–Crippen LogP) is 0.974. The van der Waals surface area contributed by atoms with Gasteiger partial charge >= 0.3 is 0 Å². The average Bonchev–Trinajstić information content (AvgIpc) is 2.99. The molecule has 2 rings (SSSR count). The van der Waals surface area contributed by atoms with Crippen molar-refractivity contribution in [2.24, 2.45) is 0 Å². The number of aliphatic hydroxyl groups excluding tert-OH is 1. The smallest absolute Gasteiger partial charge is 0.254 e. The van der Waals surface area contributed by atoms with Crippen LogP contribution in [0.2, 0.25) is 0 Å². The van der Waals surface area contributed by atoms with Crippen molar-refractivity contribution in [1.29, 1.82) is 0 Å². The maximum absolute atomic E-state index is 12.6. The molecule has 1 fully saturated rings. The third kappa shape index (κ3) is 4.35. The molecule has 1 heterocycles. The van der Waals surface area contributed by atoms with Gasteiger partial charge in [-0.2, -0.15) is 4.72 Å². The number of rotatable bonds is 6. The minimum Gasteiger partial charge on any atom is -0.393 e. The Bertz CT molecular complexity index is 720. The van der Waals surface area contributed by atoms with Crippen molar-refractivity contribution >= 4 is 15.9 Å². The summed E-state index contributed by atoms with van der Waals surface area (Å²) in [6, 6.07) is 5.82. The van der Waals surface area contributed by atoms with E-state index in [1.54, 1.807) is 11.8 Å². The quantitative estimate of drug-likeness (QED) is 0.749. The van der Waals surface area contributed by atoms with Gasteiger partial charge in [0.1, 0.15) is 0 Å². The zero-order valence-electron chi connectivity index (χ0n) is 13.6. The van der Waals surface area contributed by atoms with E-state index in [0.29, 0.717) is 18.5 Å². The van der Waals surface area contributed by atoms with Crippen LogP contribution >= 0.6 is 0 Å². The van der Waals surface area contributed by atoms with E-state index < -0.39 is 16.1 Å². The highest BCUT2D eigenvalue weighted by Crippen LogP contribution is 2.24. The molecule has 2 atom stereocenters. The van der Waals surface area contributed by atoms with E-state index in [-0.39, 0.29) is 23.4 Å². The van der Waals surface area contributed by atoms with Gasteiger partial charge in [0.2, 0.25) is 10.0 Å².